The molecule has 4 nitrogen and oxygen atoms in total. The predicted octanol–water partition coefficient (Wildman–Crippen LogP) is 0.0661. The summed E-state index contributed by atoms with van der Waals surface area (Å²) in [4.78, 5) is 0. The summed E-state index contributed by atoms with van der Waals surface area (Å²) < 4.78 is 27.7. The van der Waals surface area contributed by atoms with Crippen LogP contribution in [0, 0.1) is 11.3 Å². The maximum Gasteiger partial charge on any atom is 0.150 e. The zero-order valence-electron chi connectivity index (χ0n) is 8.69. The molecule has 0 saturated heterocycles. The van der Waals surface area contributed by atoms with Crippen molar-refractivity contribution >= 4 is 9.84 Å². The molecule has 0 aromatic carbocycles. The molecular weight excluding hydrogens is 204 g/mol. The van der Waals surface area contributed by atoms with Gasteiger partial charge in [-0.3, -0.25) is 0 Å². The zero-order valence-corrected chi connectivity index (χ0v) is 9.51. The van der Waals surface area contributed by atoms with Crippen LogP contribution in [0.5, 0.6) is 0 Å². The first-order valence-corrected chi connectivity index (χ1v) is 6.62. The van der Waals surface area contributed by atoms with Crippen LogP contribution in [0.4, 0.5) is 0 Å². The molecule has 0 unspecified atom stereocenters. The van der Waals surface area contributed by atoms with Gasteiger partial charge in [0.2, 0.25) is 0 Å². The van der Waals surface area contributed by atoms with Crippen molar-refractivity contribution in [3.8, 4) is 0 Å². The van der Waals surface area contributed by atoms with E-state index in [4.69, 9.17) is 9.84 Å². The first kappa shape index (κ1) is 11.9. The maximum absolute atomic E-state index is 11.3. The van der Waals surface area contributed by atoms with Crippen molar-refractivity contribution in [1.82, 2.24) is 0 Å². The van der Waals surface area contributed by atoms with Gasteiger partial charge in [-0.2, -0.15) is 0 Å². The van der Waals surface area contributed by atoms with Crippen molar-refractivity contribution in [1.29, 1.82) is 0 Å². The van der Waals surface area contributed by atoms with Crippen LogP contribution in [0.3, 0.4) is 0 Å². The summed E-state index contributed by atoms with van der Waals surface area (Å²) >= 11 is 0. The van der Waals surface area contributed by atoms with E-state index in [1.165, 1.54) is 0 Å². The highest BCUT2D eigenvalue weighted by Crippen LogP contribution is 2.52. The Morgan fingerprint density at radius 1 is 1.57 bits per heavy atom. The van der Waals surface area contributed by atoms with E-state index in [0.29, 0.717) is 6.61 Å². The van der Waals surface area contributed by atoms with Gasteiger partial charge in [0.15, 0.2) is 0 Å². The second kappa shape index (κ2) is 4.16. The van der Waals surface area contributed by atoms with Gasteiger partial charge in [-0.1, -0.05) is 6.92 Å². The van der Waals surface area contributed by atoms with E-state index in [0.717, 1.165) is 6.42 Å². The van der Waals surface area contributed by atoms with Gasteiger partial charge >= 0.3 is 0 Å². The molecule has 84 valence electrons. The van der Waals surface area contributed by atoms with E-state index >= 15 is 0 Å². The van der Waals surface area contributed by atoms with Gasteiger partial charge in [-0.25, -0.2) is 8.42 Å². The molecule has 0 radical (unpaired) electrons. The van der Waals surface area contributed by atoms with E-state index in [2.05, 4.69) is 0 Å². The van der Waals surface area contributed by atoms with Crippen molar-refractivity contribution in [3.63, 3.8) is 0 Å². The van der Waals surface area contributed by atoms with Crippen molar-refractivity contribution in [2.45, 2.75) is 13.3 Å². The number of ether oxygens (including phenoxy) is 1. The first-order valence-electron chi connectivity index (χ1n) is 4.80. The summed E-state index contributed by atoms with van der Waals surface area (Å²) in [5.41, 5.74) is -0.281. The molecule has 0 spiro atoms. The highest BCUT2D eigenvalue weighted by Gasteiger charge is 2.54. The van der Waals surface area contributed by atoms with Crippen molar-refractivity contribution in [2.75, 3.05) is 31.8 Å². The Hall–Kier alpha value is -0.130. The van der Waals surface area contributed by atoms with Crippen molar-refractivity contribution in [2.24, 2.45) is 11.3 Å². The van der Waals surface area contributed by atoms with Crippen molar-refractivity contribution in [3.05, 3.63) is 0 Å². The number of hydrogen-bond acceptors (Lipinski definition) is 4. The Kier molecular flexibility index (Phi) is 3.55. The minimum absolute atomic E-state index is 0.0186. The minimum atomic E-state index is -2.92. The number of methoxy groups -OCH3 is 1. The fraction of sp³-hybridized carbons (Fsp3) is 1.00. The van der Waals surface area contributed by atoms with Crippen molar-refractivity contribution < 1.29 is 18.3 Å². The molecule has 1 aliphatic rings. The Bertz CT molecular complexity index is 285. The second-order valence-corrected chi connectivity index (χ2v) is 6.45. The molecule has 1 aliphatic carbocycles. The van der Waals surface area contributed by atoms with Gasteiger partial charge in [0, 0.05) is 18.3 Å². The fourth-order valence-corrected chi connectivity index (χ4v) is 3.12. The molecule has 1 N–H and O–H groups in total. The average Bonchev–Trinajstić information content (AvgIpc) is 2.79. The Morgan fingerprint density at radius 3 is 2.64 bits per heavy atom. The van der Waals surface area contributed by atoms with Crippen LogP contribution in [0.2, 0.25) is 0 Å². The van der Waals surface area contributed by atoms with E-state index < -0.39 is 9.84 Å². The number of aliphatic hydroxyl groups excluding tert-OH is 1. The molecule has 5 heteroatoms. The SMILES string of the molecule is CCS(=O)(=O)C[C@H]1C[C@@]1(CO)COC. The number of hydrogen-bond donors (Lipinski definition) is 1. The third kappa shape index (κ3) is 2.46. The van der Waals surface area contributed by atoms with Gasteiger partial charge in [0.25, 0.3) is 0 Å². The van der Waals surface area contributed by atoms with Crippen LogP contribution in [0.1, 0.15) is 13.3 Å². The van der Waals surface area contributed by atoms with Crippen LogP contribution < -0.4 is 0 Å². The molecule has 0 aliphatic heterocycles. The topological polar surface area (TPSA) is 63.6 Å². The average molecular weight is 222 g/mol. The van der Waals surface area contributed by atoms with Crippen LogP contribution in [-0.2, 0) is 14.6 Å². The molecule has 0 bridgehead atoms. The summed E-state index contributed by atoms with van der Waals surface area (Å²) in [7, 11) is -1.35. The quantitative estimate of drug-likeness (QED) is 0.690. The lowest BCUT2D eigenvalue weighted by Gasteiger charge is -2.12. The number of sulfone groups is 1. The third-order valence-electron chi connectivity index (χ3n) is 3.00. The van der Waals surface area contributed by atoms with Gasteiger partial charge in [0.05, 0.1) is 19.0 Å². The normalized spacial score (nSPS) is 31.8. The van der Waals surface area contributed by atoms with E-state index in [1.807, 2.05) is 0 Å². The summed E-state index contributed by atoms with van der Waals surface area (Å²) in [6.07, 6.45) is 0.760. The largest absolute Gasteiger partial charge is 0.396 e. The fourth-order valence-electron chi connectivity index (χ4n) is 1.80. The third-order valence-corrected chi connectivity index (χ3v) is 4.79. The van der Waals surface area contributed by atoms with Gasteiger partial charge < -0.3 is 9.84 Å². The van der Waals surface area contributed by atoms with Crippen LogP contribution in [0.15, 0.2) is 0 Å². The van der Waals surface area contributed by atoms with Gasteiger partial charge in [0.1, 0.15) is 9.84 Å². The van der Waals surface area contributed by atoms with Crippen LogP contribution in [-0.4, -0.2) is 45.4 Å². The summed E-state index contributed by atoms with van der Waals surface area (Å²) in [6.45, 7) is 2.12. The van der Waals surface area contributed by atoms with Crippen LogP contribution in [0.25, 0.3) is 0 Å². The molecular formula is C9H18O4S. The highest BCUT2D eigenvalue weighted by molar-refractivity contribution is 7.91. The summed E-state index contributed by atoms with van der Waals surface area (Å²) in [5.74, 6) is 0.447. The molecule has 2 atom stereocenters. The molecule has 0 heterocycles. The lowest BCUT2D eigenvalue weighted by Crippen LogP contribution is -2.21. The molecule has 0 aromatic heterocycles. The molecule has 1 rings (SSSR count). The van der Waals surface area contributed by atoms with E-state index in [9.17, 15) is 8.42 Å². The number of aliphatic hydroxyl groups is 1. The maximum atomic E-state index is 11.3. The Balaban J connectivity index is 2.52. The first-order chi connectivity index (χ1) is 6.49. The second-order valence-electron chi connectivity index (χ2n) is 4.05. The number of rotatable bonds is 6. The highest BCUT2D eigenvalue weighted by atomic mass is 32.2. The summed E-state index contributed by atoms with van der Waals surface area (Å²) in [5, 5.41) is 9.15. The van der Waals surface area contributed by atoms with Gasteiger partial charge in [-0.15, -0.1) is 0 Å². The molecule has 14 heavy (non-hydrogen) atoms. The van der Waals surface area contributed by atoms with Gasteiger partial charge in [-0.05, 0) is 12.3 Å². The molecule has 0 amide bonds. The lowest BCUT2D eigenvalue weighted by atomic mass is 10.1. The van der Waals surface area contributed by atoms with Crippen LogP contribution >= 0.6 is 0 Å². The molecule has 1 saturated carbocycles. The van der Waals surface area contributed by atoms with E-state index in [-0.39, 0.29) is 29.4 Å². The zero-order chi connectivity index (χ0) is 10.8. The smallest absolute Gasteiger partial charge is 0.150 e. The minimum Gasteiger partial charge on any atom is -0.396 e. The Morgan fingerprint density at radius 2 is 2.21 bits per heavy atom. The van der Waals surface area contributed by atoms with E-state index in [1.54, 1.807) is 14.0 Å². The molecule has 0 aromatic rings. The Labute approximate surface area is 85.2 Å². The monoisotopic (exact) mass is 222 g/mol. The molecule has 1 fully saturated rings. The lowest BCUT2D eigenvalue weighted by molar-refractivity contribution is 0.0879. The standard InChI is InChI=1S/C9H18O4S/c1-3-14(11,12)5-8-4-9(8,6-10)7-13-2/h8,10H,3-7H2,1-2H3/t8-,9-/m1/s1. The predicted molar refractivity (Wildman–Crippen MR) is 53.8 cm³/mol. The summed E-state index contributed by atoms with van der Waals surface area (Å²) in [6, 6.07) is 0.